The largest absolute Gasteiger partial charge is 0.493 e. The van der Waals surface area contributed by atoms with E-state index in [1.807, 2.05) is 17.5 Å². The first-order valence-electron chi connectivity index (χ1n) is 8.62. The Morgan fingerprint density at radius 3 is 2.48 bits per heavy atom. The van der Waals surface area contributed by atoms with Crippen LogP contribution in [0.1, 0.15) is 17.0 Å². The van der Waals surface area contributed by atoms with Crippen LogP contribution < -0.4 is 24.7 Å². The number of allylic oxidation sites excluding steroid dienone is 1. The highest BCUT2D eigenvalue weighted by molar-refractivity contribution is 7.13. The average molecular weight is 410 g/mol. The van der Waals surface area contributed by atoms with Crippen molar-refractivity contribution in [3.05, 3.63) is 52.2 Å². The Hall–Kier alpha value is -3.64. The maximum atomic E-state index is 9.85. The minimum absolute atomic E-state index is 0.0166. The number of methoxy groups -OCH3 is 3. The number of nitrogens with two attached hydrogens (primary N) is 1. The first-order chi connectivity index (χ1) is 14.1. The smallest absolute Gasteiger partial charge is 0.244 e. The SMILES string of the molecule is COc1cc(C2C(C#N)=C(N)Oc3n[nH]c(-c4cccs4)c32)cc(OC)c1OC. The number of aromatic amines is 1. The van der Waals surface area contributed by atoms with Gasteiger partial charge >= 0.3 is 0 Å². The molecule has 0 saturated heterocycles. The number of nitrogens with zero attached hydrogens (tertiary/aromatic N) is 2. The lowest BCUT2D eigenvalue weighted by Crippen LogP contribution is -2.21. The molecule has 0 fully saturated rings. The minimum atomic E-state index is -0.520. The molecule has 0 aliphatic carbocycles. The van der Waals surface area contributed by atoms with E-state index in [0.717, 1.165) is 21.7 Å². The summed E-state index contributed by atoms with van der Waals surface area (Å²) in [5.41, 5.74) is 8.58. The van der Waals surface area contributed by atoms with E-state index in [-0.39, 0.29) is 11.5 Å². The van der Waals surface area contributed by atoms with E-state index in [2.05, 4.69) is 16.3 Å². The summed E-state index contributed by atoms with van der Waals surface area (Å²) in [6, 6.07) is 9.71. The van der Waals surface area contributed by atoms with Crippen molar-refractivity contribution in [2.45, 2.75) is 5.92 Å². The van der Waals surface area contributed by atoms with Crippen LogP contribution in [-0.4, -0.2) is 31.5 Å². The highest BCUT2D eigenvalue weighted by Crippen LogP contribution is 2.49. The Morgan fingerprint density at radius 2 is 1.93 bits per heavy atom. The van der Waals surface area contributed by atoms with E-state index in [0.29, 0.717) is 23.1 Å². The van der Waals surface area contributed by atoms with E-state index in [1.54, 1.807) is 37.7 Å². The van der Waals surface area contributed by atoms with Crippen LogP contribution in [0.5, 0.6) is 23.1 Å². The van der Waals surface area contributed by atoms with Gasteiger partial charge in [0.2, 0.25) is 17.5 Å². The first kappa shape index (κ1) is 18.7. The molecule has 29 heavy (non-hydrogen) atoms. The van der Waals surface area contributed by atoms with E-state index in [1.165, 1.54) is 7.11 Å². The van der Waals surface area contributed by atoms with Crippen molar-refractivity contribution in [3.63, 3.8) is 0 Å². The molecule has 0 bridgehead atoms. The Bertz CT molecular complexity index is 1100. The van der Waals surface area contributed by atoms with Gasteiger partial charge in [-0.2, -0.15) is 5.26 Å². The lowest BCUT2D eigenvalue weighted by molar-refractivity contribution is 0.323. The quantitative estimate of drug-likeness (QED) is 0.662. The monoisotopic (exact) mass is 410 g/mol. The lowest BCUT2D eigenvalue weighted by Gasteiger charge is -2.25. The molecule has 1 aliphatic heterocycles. The van der Waals surface area contributed by atoms with E-state index < -0.39 is 5.92 Å². The number of H-pyrrole nitrogens is 1. The van der Waals surface area contributed by atoms with Gasteiger partial charge in [-0.15, -0.1) is 16.4 Å². The fourth-order valence-corrected chi connectivity index (χ4v) is 4.19. The van der Waals surface area contributed by atoms with Crippen molar-refractivity contribution in [3.8, 4) is 39.8 Å². The summed E-state index contributed by atoms with van der Waals surface area (Å²) in [5.74, 6) is 1.26. The van der Waals surface area contributed by atoms with Gasteiger partial charge in [0.1, 0.15) is 11.6 Å². The molecule has 1 unspecified atom stereocenters. The molecule has 1 aliphatic rings. The van der Waals surface area contributed by atoms with Crippen molar-refractivity contribution < 1.29 is 18.9 Å². The molecule has 0 saturated carbocycles. The van der Waals surface area contributed by atoms with Gasteiger partial charge in [0.05, 0.1) is 43.4 Å². The Kier molecular flexibility index (Phi) is 4.78. The topological polar surface area (TPSA) is 115 Å². The minimum Gasteiger partial charge on any atom is -0.493 e. The molecule has 0 spiro atoms. The van der Waals surface area contributed by atoms with Crippen molar-refractivity contribution in [2.75, 3.05) is 21.3 Å². The van der Waals surface area contributed by atoms with Gasteiger partial charge < -0.3 is 24.7 Å². The van der Waals surface area contributed by atoms with Crippen LogP contribution in [0, 0.1) is 11.3 Å². The van der Waals surface area contributed by atoms with Crippen molar-refractivity contribution in [1.29, 1.82) is 5.26 Å². The van der Waals surface area contributed by atoms with E-state index in [9.17, 15) is 5.26 Å². The van der Waals surface area contributed by atoms with Gasteiger partial charge in [0, 0.05) is 0 Å². The number of fused-ring (bicyclic) bond motifs is 1. The number of rotatable bonds is 5. The Morgan fingerprint density at radius 1 is 1.21 bits per heavy atom. The third-order valence-corrected chi connectivity index (χ3v) is 5.61. The van der Waals surface area contributed by atoms with Crippen LogP contribution in [0.2, 0.25) is 0 Å². The molecule has 9 heteroatoms. The molecule has 148 valence electrons. The summed E-state index contributed by atoms with van der Waals surface area (Å²) in [6.45, 7) is 0. The molecule has 3 aromatic rings. The number of thiophene rings is 1. The standard InChI is InChI=1S/C20H18N4O4S/c1-25-12-7-10(8-13(26-2)18(12)27-3)15-11(9-21)19(22)28-20-16(15)17(23-24-20)14-5-4-6-29-14/h4-8,15H,22H2,1-3H3,(H,23,24). The number of hydrogen-bond donors (Lipinski definition) is 2. The zero-order valence-electron chi connectivity index (χ0n) is 16.0. The maximum Gasteiger partial charge on any atom is 0.244 e. The number of aromatic nitrogens is 2. The summed E-state index contributed by atoms with van der Waals surface area (Å²) in [6.07, 6.45) is 0. The molecular weight excluding hydrogens is 392 g/mol. The van der Waals surface area contributed by atoms with Crippen molar-refractivity contribution in [1.82, 2.24) is 10.2 Å². The molecular formula is C20H18N4O4S. The molecule has 8 nitrogen and oxygen atoms in total. The number of hydrogen-bond acceptors (Lipinski definition) is 8. The fraction of sp³-hybridized carbons (Fsp3) is 0.200. The zero-order chi connectivity index (χ0) is 20.5. The lowest BCUT2D eigenvalue weighted by atomic mass is 9.83. The molecule has 1 aromatic carbocycles. The number of benzene rings is 1. The van der Waals surface area contributed by atoms with Gasteiger partial charge in [-0.3, -0.25) is 5.10 Å². The predicted molar refractivity (Wildman–Crippen MR) is 107 cm³/mol. The highest BCUT2D eigenvalue weighted by Gasteiger charge is 2.36. The van der Waals surface area contributed by atoms with E-state index >= 15 is 0 Å². The molecule has 0 radical (unpaired) electrons. The molecule has 0 amide bonds. The fourth-order valence-electron chi connectivity index (χ4n) is 3.46. The predicted octanol–water partition coefficient (Wildman–Crippen LogP) is 3.38. The van der Waals surface area contributed by atoms with Crippen LogP contribution >= 0.6 is 11.3 Å². The molecule has 1 atom stereocenters. The third kappa shape index (κ3) is 2.94. The van der Waals surface area contributed by atoms with Crippen molar-refractivity contribution in [2.24, 2.45) is 5.73 Å². The van der Waals surface area contributed by atoms with Gasteiger partial charge in [-0.25, -0.2) is 0 Å². The van der Waals surface area contributed by atoms with Crippen LogP contribution in [0.3, 0.4) is 0 Å². The average Bonchev–Trinajstić information content (AvgIpc) is 3.41. The molecule has 4 rings (SSSR count). The van der Waals surface area contributed by atoms with Crippen LogP contribution in [0.25, 0.3) is 10.6 Å². The van der Waals surface area contributed by atoms with E-state index in [4.69, 9.17) is 24.7 Å². The number of nitriles is 1. The summed E-state index contributed by atoms with van der Waals surface area (Å²) in [5, 5.41) is 19.1. The summed E-state index contributed by atoms with van der Waals surface area (Å²) in [7, 11) is 4.62. The number of nitrogens with one attached hydrogen (secondary N) is 1. The number of ether oxygens (including phenoxy) is 4. The van der Waals surface area contributed by atoms with Crippen molar-refractivity contribution >= 4 is 11.3 Å². The normalized spacial score (nSPS) is 15.3. The van der Waals surface area contributed by atoms with Gasteiger partial charge in [0.25, 0.3) is 0 Å². The third-order valence-electron chi connectivity index (χ3n) is 4.73. The Balaban J connectivity index is 1.98. The Labute approximate surface area is 171 Å². The first-order valence-corrected chi connectivity index (χ1v) is 9.50. The molecule has 2 aromatic heterocycles. The summed E-state index contributed by atoms with van der Waals surface area (Å²) in [4.78, 5) is 0.970. The van der Waals surface area contributed by atoms with Crippen LogP contribution in [-0.2, 0) is 0 Å². The molecule has 3 heterocycles. The molecule has 3 N–H and O–H groups in total. The van der Waals surface area contributed by atoms with Gasteiger partial charge in [-0.1, -0.05) is 6.07 Å². The second-order valence-electron chi connectivity index (χ2n) is 6.18. The maximum absolute atomic E-state index is 9.85. The van der Waals surface area contributed by atoms with Gasteiger partial charge in [-0.05, 0) is 29.1 Å². The zero-order valence-corrected chi connectivity index (χ0v) is 16.8. The summed E-state index contributed by atoms with van der Waals surface area (Å²) >= 11 is 1.56. The second kappa shape index (κ2) is 7.41. The van der Waals surface area contributed by atoms with Crippen LogP contribution in [0.15, 0.2) is 41.1 Å². The second-order valence-corrected chi connectivity index (χ2v) is 7.13. The highest BCUT2D eigenvalue weighted by atomic mass is 32.1. The summed E-state index contributed by atoms with van der Waals surface area (Å²) < 4.78 is 22.0. The van der Waals surface area contributed by atoms with Crippen LogP contribution in [0.4, 0.5) is 0 Å². The van der Waals surface area contributed by atoms with Gasteiger partial charge in [0.15, 0.2) is 11.5 Å².